The van der Waals surface area contributed by atoms with Gasteiger partial charge in [-0.05, 0) is 12.1 Å². The summed E-state index contributed by atoms with van der Waals surface area (Å²) >= 11 is 0. The minimum absolute atomic E-state index is 0.0285. The number of rotatable bonds is 0. The first-order chi connectivity index (χ1) is 8.17. The summed E-state index contributed by atoms with van der Waals surface area (Å²) in [6, 6.07) is 3.95. The average Bonchev–Trinajstić information content (AvgIpc) is 2.54. The zero-order valence-corrected chi connectivity index (χ0v) is 11.9. The molecule has 2 heteroatoms. The maximum Gasteiger partial charge on any atom is 0.158 e. The lowest BCUT2D eigenvalue weighted by atomic mass is 9.95. The van der Waals surface area contributed by atoms with Crippen molar-refractivity contribution in [1.29, 1.82) is 0 Å². The fraction of sp³-hybridized carbons (Fsp3) is 0.467. The van der Waals surface area contributed by atoms with Crippen LogP contribution in [-0.4, -0.2) is 11.2 Å². The van der Waals surface area contributed by atoms with E-state index in [4.69, 9.17) is 0 Å². The van der Waals surface area contributed by atoms with Crippen LogP contribution in [0.4, 0.5) is 5.82 Å². The van der Waals surface area contributed by atoms with E-state index in [2.05, 4.69) is 36.0 Å². The number of fused-ring (bicyclic) bond motifs is 1. The van der Waals surface area contributed by atoms with Crippen molar-refractivity contribution in [3.63, 3.8) is 0 Å². The van der Waals surface area contributed by atoms with E-state index < -0.39 is 0 Å². The molecule has 94 valence electrons. The highest BCUT2D eigenvalue weighted by Gasteiger charge is 2.13. The van der Waals surface area contributed by atoms with Crippen molar-refractivity contribution in [2.75, 3.05) is 0 Å². The normalized spacial score (nSPS) is 14.5. The van der Waals surface area contributed by atoms with Crippen LogP contribution in [0.5, 0.6) is 0 Å². The molecule has 0 fully saturated rings. The number of allylic oxidation sites excluding steroid dienone is 1. The zero-order chi connectivity index (χ0) is 13.3. The molecule has 2 nitrogen and oxygen atoms in total. The Labute approximate surface area is 106 Å². The molecule has 0 aromatic carbocycles. The Balaban J connectivity index is 0.000000581. The van der Waals surface area contributed by atoms with Gasteiger partial charge in [0.15, 0.2) is 5.82 Å². The Kier molecular flexibility index (Phi) is 7.11. The fourth-order valence-corrected chi connectivity index (χ4v) is 1.22. The van der Waals surface area contributed by atoms with Gasteiger partial charge in [-0.1, -0.05) is 53.7 Å². The molecule has 0 amide bonds. The Morgan fingerprint density at radius 1 is 1.06 bits per heavy atom. The summed E-state index contributed by atoms with van der Waals surface area (Å²) in [5.41, 5.74) is 1.12. The number of hydrogen-bond donors (Lipinski definition) is 0. The summed E-state index contributed by atoms with van der Waals surface area (Å²) < 4.78 is 0. The van der Waals surface area contributed by atoms with Gasteiger partial charge in [0.05, 0.1) is 0 Å². The van der Waals surface area contributed by atoms with Crippen LogP contribution in [0.25, 0.3) is 6.08 Å². The lowest BCUT2D eigenvalue weighted by molar-refractivity contribution is 0.699. The highest BCUT2D eigenvalue weighted by atomic mass is 14.9. The van der Waals surface area contributed by atoms with Crippen LogP contribution in [0.1, 0.15) is 47.1 Å². The smallest absolute Gasteiger partial charge is 0.158 e. The van der Waals surface area contributed by atoms with Crippen molar-refractivity contribution in [2.24, 2.45) is 10.4 Å². The maximum absolute atomic E-state index is 4.34. The number of pyridine rings is 1. The minimum atomic E-state index is 0.0285. The maximum atomic E-state index is 4.34. The average molecular weight is 232 g/mol. The summed E-state index contributed by atoms with van der Waals surface area (Å²) in [5.74, 6) is 0.810. The molecule has 0 saturated heterocycles. The Morgan fingerprint density at radius 3 is 2.35 bits per heavy atom. The van der Waals surface area contributed by atoms with Crippen LogP contribution in [-0.2, 0) is 0 Å². The summed E-state index contributed by atoms with van der Waals surface area (Å²) in [6.45, 7) is 12.2. The molecule has 1 aliphatic heterocycles. The second-order valence-corrected chi connectivity index (χ2v) is 3.83. The molecule has 0 saturated carbocycles. The molecule has 0 N–H and O–H groups in total. The van der Waals surface area contributed by atoms with Crippen LogP contribution < -0.4 is 0 Å². The topological polar surface area (TPSA) is 25.2 Å². The highest BCUT2D eigenvalue weighted by molar-refractivity contribution is 5.78. The Bertz CT molecular complexity index is 341. The van der Waals surface area contributed by atoms with E-state index in [1.807, 2.05) is 46.0 Å². The molecule has 0 aliphatic carbocycles. The van der Waals surface area contributed by atoms with Gasteiger partial charge in [0.25, 0.3) is 0 Å². The van der Waals surface area contributed by atoms with Gasteiger partial charge in [-0.15, -0.1) is 0 Å². The van der Waals surface area contributed by atoms with E-state index in [9.17, 15) is 0 Å². The molecule has 0 radical (unpaired) electrons. The van der Waals surface area contributed by atoms with Crippen LogP contribution in [0.15, 0.2) is 29.4 Å². The molecule has 2 heterocycles. The van der Waals surface area contributed by atoms with Crippen molar-refractivity contribution in [2.45, 2.75) is 41.5 Å². The summed E-state index contributed by atoms with van der Waals surface area (Å²) in [4.78, 5) is 8.54. The number of aromatic nitrogens is 1. The summed E-state index contributed by atoms with van der Waals surface area (Å²) in [5, 5.41) is 0. The molecular weight excluding hydrogens is 208 g/mol. The molecule has 17 heavy (non-hydrogen) atoms. The molecule has 0 unspecified atom stereocenters. The second kappa shape index (κ2) is 7.77. The van der Waals surface area contributed by atoms with Crippen molar-refractivity contribution in [3.8, 4) is 0 Å². The number of hydrogen-bond acceptors (Lipinski definition) is 2. The molecule has 0 spiro atoms. The SMILES string of the molecule is CC.CC.CC1(C)C=Cc2cccnc2N=C1. The van der Waals surface area contributed by atoms with Gasteiger partial charge in [0.1, 0.15) is 0 Å². The predicted octanol–water partition coefficient (Wildman–Crippen LogP) is 4.89. The van der Waals surface area contributed by atoms with Crippen LogP contribution in [0, 0.1) is 5.41 Å². The number of nitrogens with zero attached hydrogens (tertiary/aromatic N) is 2. The third-order valence-electron chi connectivity index (χ3n) is 2.03. The number of aliphatic imine (C=N–C) groups is 1. The van der Waals surface area contributed by atoms with Gasteiger partial charge in [0, 0.05) is 23.4 Å². The first-order valence-corrected chi connectivity index (χ1v) is 6.37. The third kappa shape index (κ3) is 4.94. The standard InChI is InChI=1S/C11H12N2.2C2H6/c1-11(2)6-5-9-4-3-7-12-10(9)13-8-11;2*1-2/h3-8H,1-2H3;2*1-2H3. The first-order valence-electron chi connectivity index (χ1n) is 6.37. The molecule has 1 aromatic rings. The van der Waals surface area contributed by atoms with E-state index in [1.54, 1.807) is 6.20 Å². The van der Waals surface area contributed by atoms with Crippen molar-refractivity contribution >= 4 is 18.1 Å². The van der Waals surface area contributed by atoms with Gasteiger partial charge >= 0.3 is 0 Å². The van der Waals surface area contributed by atoms with Crippen molar-refractivity contribution in [1.82, 2.24) is 4.98 Å². The van der Waals surface area contributed by atoms with Gasteiger partial charge in [-0.2, -0.15) is 0 Å². The quantitative estimate of drug-likeness (QED) is 0.625. The van der Waals surface area contributed by atoms with Crippen molar-refractivity contribution < 1.29 is 0 Å². The highest BCUT2D eigenvalue weighted by Crippen LogP contribution is 2.25. The lowest BCUT2D eigenvalue weighted by Gasteiger charge is -2.10. The molecule has 0 atom stereocenters. The molecule has 1 aromatic heterocycles. The zero-order valence-electron chi connectivity index (χ0n) is 11.9. The van der Waals surface area contributed by atoms with Gasteiger partial charge in [-0.3, -0.25) is 0 Å². The monoisotopic (exact) mass is 232 g/mol. The minimum Gasteiger partial charge on any atom is -0.240 e. The molecular formula is C15H24N2. The molecule has 2 rings (SSSR count). The first kappa shape index (κ1) is 15.6. The van der Waals surface area contributed by atoms with Crippen LogP contribution in [0.3, 0.4) is 0 Å². The van der Waals surface area contributed by atoms with E-state index in [-0.39, 0.29) is 5.41 Å². The molecule has 0 bridgehead atoms. The Morgan fingerprint density at radius 2 is 1.71 bits per heavy atom. The summed E-state index contributed by atoms with van der Waals surface area (Å²) in [6.07, 6.45) is 7.92. The second-order valence-electron chi connectivity index (χ2n) is 3.83. The van der Waals surface area contributed by atoms with Gasteiger partial charge in [-0.25, -0.2) is 9.98 Å². The third-order valence-corrected chi connectivity index (χ3v) is 2.03. The van der Waals surface area contributed by atoms with Crippen LogP contribution in [0.2, 0.25) is 0 Å². The van der Waals surface area contributed by atoms with Gasteiger partial charge in [0.2, 0.25) is 0 Å². The largest absolute Gasteiger partial charge is 0.240 e. The van der Waals surface area contributed by atoms with E-state index in [0.717, 1.165) is 11.4 Å². The van der Waals surface area contributed by atoms with E-state index in [0.29, 0.717) is 0 Å². The Hall–Kier alpha value is -1.44. The van der Waals surface area contributed by atoms with E-state index in [1.165, 1.54) is 0 Å². The molecule has 1 aliphatic rings. The van der Waals surface area contributed by atoms with E-state index >= 15 is 0 Å². The fourth-order valence-electron chi connectivity index (χ4n) is 1.22. The predicted molar refractivity (Wildman–Crippen MR) is 77.9 cm³/mol. The summed E-state index contributed by atoms with van der Waals surface area (Å²) in [7, 11) is 0. The van der Waals surface area contributed by atoms with Crippen molar-refractivity contribution in [3.05, 3.63) is 30.0 Å². The van der Waals surface area contributed by atoms with Gasteiger partial charge < -0.3 is 0 Å². The van der Waals surface area contributed by atoms with Crippen LogP contribution >= 0.6 is 0 Å². The lowest BCUT2D eigenvalue weighted by Crippen LogP contribution is -2.07.